The van der Waals surface area contributed by atoms with E-state index in [-0.39, 0.29) is 29.5 Å². The molecule has 2 aromatic rings. The van der Waals surface area contributed by atoms with Crippen LogP contribution < -0.4 is 4.90 Å². The highest BCUT2D eigenvalue weighted by Gasteiger charge is 2.49. The third kappa shape index (κ3) is 5.98. The fourth-order valence-electron chi connectivity index (χ4n) is 6.45. The van der Waals surface area contributed by atoms with Crippen LogP contribution in [0.15, 0.2) is 42.6 Å². The number of carbonyl (C=O) groups is 1. The maximum atomic E-state index is 13.8. The van der Waals surface area contributed by atoms with E-state index >= 15 is 0 Å². The number of pyridine rings is 1. The van der Waals surface area contributed by atoms with E-state index in [0.717, 1.165) is 44.5 Å². The predicted molar refractivity (Wildman–Crippen MR) is 145 cm³/mol. The summed E-state index contributed by atoms with van der Waals surface area (Å²) in [5.74, 6) is 0.474. The molecule has 10 heteroatoms. The molecule has 0 saturated carbocycles. The summed E-state index contributed by atoms with van der Waals surface area (Å²) in [5.41, 5.74) is -0.423. The molecule has 0 spiro atoms. The van der Waals surface area contributed by atoms with Crippen molar-refractivity contribution in [1.29, 1.82) is 0 Å². The Hall–Kier alpha value is -2.72. The third-order valence-corrected chi connectivity index (χ3v) is 9.03. The Balaban J connectivity index is 1.15. The van der Waals surface area contributed by atoms with E-state index in [4.69, 9.17) is 4.74 Å². The van der Waals surface area contributed by atoms with Crippen molar-refractivity contribution >= 4 is 11.7 Å². The van der Waals surface area contributed by atoms with Crippen LogP contribution in [0.25, 0.3) is 0 Å². The number of ether oxygens (including phenoxy) is 1. The molecular formula is C30H38F4N4O2. The SMILES string of the molecule is CC(C)[C@]1(C(=O)N2CCN(c3cc(C(F)(F)F)ccn3)CC2)CC[C@@H](N2CCC(c3ccc(F)cc3)CC2)CO1. The number of alkyl halides is 3. The Morgan fingerprint density at radius 2 is 1.68 bits per heavy atom. The largest absolute Gasteiger partial charge is 0.416 e. The van der Waals surface area contributed by atoms with Crippen LogP contribution >= 0.6 is 0 Å². The first-order valence-corrected chi connectivity index (χ1v) is 14.3. The minimum atomic E-state index is -4.42. The zero-order chi connectivity index (χ0) is 28.5. The zero-order valence-corrected chi connectivity index (χ0v) is 23.2. The zero-order valence-electron chi connectivity index (χ0n) is 23.2. The lowest BCUT2D eigenvalue weighted by atomic mass is 9.80. The van der Waals surface area contributed by atoms with Crippen LogP contribution in [-0.4, -0.2) is 78.2 Å². The summed E-state index contributed by atoms with van der Waals surface area (Å²) in [6.45, 7) is 8.10. The van der Waals surface area contributed by atoms with E-state index in [2.05, 4.69) is 9.88 Å². The number of hydrogen-bond acceptors (Lipinski definition) is 5. The van der Waals surface area contributed by atoms with Crippen LogP contribution in [0.5, 0.6) is 0 Å². The maximum Gasteiger partial charge on any atom is 0.416 e. The van der Waals surface area contributed by atoms with E-state index in [0.29, 0.717) is 45.1 Å². The van der Waals surface area contributed by atoms with E-state index in [1.165, 1.54) is 23.9 Å². The van der Waals surface area contributed by atoms with Gasteiger partial charge >= 0.3 is 6.18 Å². The number of aromatic nitrogens is 1. The van der Waals surface area contributed by atoms with E-state index in [1.807, 2.05) is 26.0 Å². The molecule has 1 amide bonds. The molecule has 5 rings (SSSR count). The summed E-state index contributed by atoms with van der Waals surface area (Å²) < 4.78 is 59.2. The quantitative estimate of drug-likeness (QED) is 0.461. The van der Waals surface area contributed by atoms with Gasteiger partial charge in [0.15, 0.2) is 0 Å². The monoisotopic (exact) mass is 562 g/mol. The van der Waals surface area contributed by atoms with Crippen LogP contribution in [0, 0.1) is 11.7 Å². The van der Waals surface area contributed by atoms with Crippen molar-refractivity contribution in [1.82, 2.24) is 14.8 Å². The first-order valence-electron chi connectivity index (χ1n) is 14.3. The summed E-state index contributed by atoms with van der Waals surface area (Å²) in [7, 11) is 0. The van der Waals surface area contributed by atoms with Gasteiger partial charge in [-0.05, 0) is 80.4 Å². The molecule has 3 fully saturated rings. The molecule has 1 aromatic heterocycles. The van der Waals surface area contributed by atoms with Gasteiger partial charge in [0.1, 0.15) is 17.2 Å². The molecule has 0 N–H and O–H groups in total. The molecule has 40 heavy (non-hydrogen) atoms. The number of benzene rings is 1. The molecule has 0 bridgehead atoms. The van der Waals surface area contributed by atoms with E-state index in [1.54, 1.807) is 9.80 Å². The van der Waals surface area contributed by atoms with Gasteiger partial charge < -0.3 is 14.5 Å². The van der Waals surface area contributed by atoms with Crippen molar-refractivity contribution in [3.05, 3.63) is 59.5 Å². The van der Waals surface area contributed by atoms with Gasteiger partial charge in [0.2, 0.25) is 0 Å². The Morgan fingerprint density at radius 3 is 2.25 bits per heavy atom. The topological polar surface area (TPSA) is 48.9 Å². The third-order valence-electron chi connectivity index (χ3n) is 9.03. The first-order chi connectivity index (χ1) is 19.1. The van der Waals surface area contributed by atoms with Crippen molar-refractivity contribution < 1.29 is 27.1 Å². The van der Waals surface area contributed by atoms with Gasteiger partial charge in [-0.25, -0.2) is 9.37 Å². The molecule has 3 aliphatic heterocycles. The molecular weight excluding hydrogens is 524 g/mol. The highest BCUT2D eigenvalue weighted by Crippen LogP contribution is 2.38. The Bertz CT molecular complexity index is 1150. The van der Waals surface area contributed by atoms with Gasteiger partial charge in [0.25, 0.3) is 5.91 Å². The van der Waals surface area contributed by atoms with Crippen molar-refractivity contribution in [3.63, 3.8) is 0 Å². The summed E-state index contributed by atoms with van der Waals surface area (Å²) >= 11 is 0. The normalized spacial score (nSPS) is 25.4. The van der Waals surface area contributed by atoms with E-state index in [9.17, 15) is 22.4 Å². The Kier molecular flexibility index (Phi) is 8.38. The minimum absolute atomic E-state index is 0.00618. The van der Waals surface area contributed by atoms with E-state index < -0.39 is 17.3 Å². The summed E-state index contributed by atoms with van der Waals surface area (Å²) in [4.78, 5) is 24.0. The van der Waals surface area contributed by atoms with Gasteiger partial charge in [-0.15, -0.1) is 0 Å². The molecule has 0 unspecified atom stereocenters. The summed E-state index contributed by atoms with van der Waals surface area (Å²) in [5, 5.41) is 0. The maximum absolute atomic E-state index is 13.8. The average molecular weight is 563 g/mol. The number of hydrogen-bond donors (Lipinski definition) is 0. The fraction of sp³-hybridized carbons (Fsp3) is 0.600. The number of carbonyl (C=O) groups excluding carboxylic acids is 1. The van der Waals surface area contributed by atoms with Gasteiger partial charge in [-0.2, -0.15) is 13.2 Å². The van der Waals surface area contributed by atoms with Gasteiger partial charge in [-0.3, -0.25) is 9.69 Å². The number of piperidine rings is 1. The van der Waals surface area contributed by atoms with Crippen molar-refractivity contribution in [2.75, 3.05) is 50.8 Å². The van der Waals surface area contributed by atoms with Gasteiger partial charge in [-0.1, -0.05) is 26.0 Å². The molecule has 2 atom stereocenters. The minimum Gasteiger partial charge on any atom is -0.363 e. The van der Waals surface area contributed by atoms with Crippen LogP contribution in [-0.2, 0) is 15.7 Å². The lowest BCUT2D eigenvalue weighted by Gasteiger charge is -2.48. The van der Waals surface area contributed by atoms with Crippen LogP contribution in [0.4, 0.5) is 23.4 Å². The van der Waals surface area contributed by atoms with Gasteiger partial charge in [0, 0.05) is 38.4 Å². The fourth-order valence-corrected chi connectivity index (χ4v) is 6.45. The Labute approximate surface area is 233 Å². The number of nitrogens with zero attached hydrogens (tertiary/aromatic N) is 4. The number of likely N-dealkylation sites (tertiary alicyclic amines) is 1. The van der Waals surface area contributed by atoms with Crippen molar-refractivity contribution in [2.45, 2.75) is 63.3 Å². The van der Waals surface area contributed by atoms with Gasteiger partial charge in [0.05, 0.1) is 12.2 Å². The molecule has 4 heterocycles. The second-order valence-corrected chi connectivity index (χ2v) is 11.6. The smallest absolute Gasteiger partial charge is 0.363 e. The number of rotatable bonds is 5. The second-order valence-electron chi connectivity index (χ2n) is 11.6. The molecule has 1 aromatic carbocycles. The van der Waals surface area contributed by atoms with Crippen molar-refractivity contribution in [3.8, 4) is 0 Å². The number of piperazine rings is 1. The Morgan fingerprint density at radius 1 is 1.00 bits per heavy atom. The lowest BCUT2D eigenvalue weighted by molar-refractivity contribution is -0.180. The first kappa shape index (κ1) is 28.8. The lowest BCUT2D eigenvalue weighted by Crippen LogP contribution is -2.62. The molecule has 0 aliphatic carbocycles. The van der Waals surface area contributed by atoms with Crippen molar-refractivity contribution in [2.24, 2.45) is 5.92 Å². The highest BCUT2D eigenvalue weighted by atomic mass is 19.4. The molecule has 6 nitrogen and oxygen atoms in total. The molecule has 218 valence electrons. The van der Waals surface area contributed by atoms with Crippen LogP contribution in [0.1, 0.15) is 56.6 Å². The molecule has 3 aliphatic rings. The molecule has 0 radical (unpaired) electrons. The predicted octanol–water partition coefficient (Wildman–Crippen LogP) is 5.34. The van der Waals surface area contributed by atoms with Crippen LogP contribution in [0.2, 0.25) is 0 Å². The number of anilines is 1. The number of amides is 1. The molecule has 3 saturated heterocycles. The summed E-state index contributed by atoms with van der Waals surface area (Å²) in [6.07, 6.45) is 0.304. The summed E-state index contributed by atoms with van der Waals surface area (Å²) in [6, 6.07) is 9.13. The average Bonchev–Trinajstić information content (AvgIpc) is 2.97. The standard InChI is InChI=1S/C30H38F4N4O2/c1-21(2)29(28(39)38-17-15-37(16-18-38)27-19-24(8-12-35-27)30(32,33)34)11-7-26(20-40-29)36-13-9-23(10-14-36)22-3-5-25(31)6-4-22/h3-6,8,12,19,21,23,26H,7,9-11,13-18,20H2,1-2H3/t26-,29+/m1/s1. The second kappa shape index (κ2) is 11.6. The highest BCUT2D eigenvalue weighted by molar-refractivity contribution is 5.86. The number of halogens is 4. The van der Waals surface area contributed by atoms with Crippen LogP contribution in [0.3, 0.4) is 0 Å².